The third-order valence-corrected chi connectivity index (χ3v) is 1.81. The molecule has 0 atom stereocenters. The highest BCUT2D eigenvalue weighted by molar-refractivity contribution is 5.48. The molecule has 0 heterocycles. The van der Waals surface area contributed by atoms with Crippen LogP contribution in [-0.2, 0) is 11.3 Å². The van der Waals surface area contributed by atoms with Crippen molar-refractivity contribution in [2.45, 2.75) is 6.54 Å². The fourth-order valence-corrected chi connectivity index (χ4v) is 1.13. The van der Waals surface area contributed by atoms with Gasteiger partial charge in [-0.15, -0.1) is 0 Å². The third-order valence-electron chi connectivity index (χ3n) is 1.81. The van der Waals surface area contributed by atoms with Crippen molar-refractivity contribution < 1.29 is 14.3 Å². The van der Waals surface area contributed by atoms with Gasteiger partial charge in [-0.2, -0.15) is 0 Å². The Hall–Kier alpha value is -1.71. The predicted octanol–water partition coefficient (Wildman–Crippen LogP) is 0.861. The maximum Gasteiger partial charge on any atom is 0.309 e. The Bertz CT molecular complexity index is 312. The number of hydrogen-bond donors (Lipinski definition) is 1. The number of amides is 1. The Labute approximate surface area is 82.8 Å². The summed E-state index contributed by atoms with van der Waals surface area (Å²) in [6.07, 6.45) is 1.61. The molecule has 1 radical (unpaired) electrons. The molecule has 0 saturated carbocycles. The second-order valence-electron chi connectivity index (χ2n) is 2.64. The van der Waals surface area contributed by atoms with E-state index >= 15 is 0 Å². The molecule has 0 unspecified atom stereocenters. The lowest BCUT2D eigenvalue weighted by molar-refractivity contribution is 0.354. The second kappa shape index (κ2) is 5.11. The minimum Gasteiger partial charge on any atom is -0.493 e. The molecule has 0 aliphatic carbocycles. The van der Waals surface area contributed by atoms with Crippen LogP contribution in [0.4, 0.5) is 0 Å². The van der Waals surface area contributed by atoms with Crippen LogP contribution in [0.25, 0.3) is 0 Å². The van der Waals surface area contributed by atoms with Crippen molar-refractivity contribution in [2.75, 3.05) is 14.2 Å². The van der Waals surface area contributed by atoms with Gasteiger partial charge in [0.25, 0.3) is 0 Å². The van der Waals surface area contributed by atoms with Crippen molar-refractivity contribution in [1.82, 2.24) is 5.32 Å². The summed E-state index contributed by atoms with van der Waals surface area (Å²) in [5, 5.41) is 2.45. The van der Waals surface area contributed by atoms with Gasteiger partial charge in [0.15, 0.2) is 11.5 Å². The molecule has 0 aromatic heterocycles. The maximum atomic E-state index is 9.96. The van der Waals surface area contributed by atoms with Gasteiger partial charge in [0.2, 0.25) is 0 Å². The van der Waals surface area contributed by atoms with Crippen molar-refractivity contribution in [3.63, 3.8) is 0 Å². The molecular weight excluding hydrogens is 182 g/mol. The van der Waals surface area contributed by atoms with E-state index in [9.17, 15) is 4.79 Å². The van der Waals surface area contributed by atoms with E-state index in [-0.39, 0.29) is 0 Å². The van der Waals surface area contributed by atoms with Crippen LogP contribution in [0.2, 0.25) is 0 Å². The zero-order valence-electron chi connectivity index (χ0n) is 8.16. The molecule has 0 aliphatic rings. The van der Waals surface area contributed by atoms with E-state index in [0.717, 1.165) is 5.56 Å². The number of nitrogens with one attached hydrogen (secondary N) is 1. The molecule has 14 heavy (non-hydrogen) atoms. The molecule has 0 fully saturated rings. The smallest absolute Gasteiger partial charge is 0.309 e. The average Bonchev–Trinajstić information content (AvgIpc) is 2.25. The summed E-state index contributed by atoms with van der Waals surface area (Å²) in [6.45, 7) is 0.434. The lowest BCUT2D eigenvalue weighted by Crippen LogP contribution is -2.09. The highest BCUT2D eigenvalue weighted by atomic mass is 16.5. The highest BCUT2D eigenvalue weighted by Crippen LogP contribution is 2.27. The quantitative estimate of drug-likeness (QED) is 0.707. The van der Waals surface area contributed by atoms with Crippen LogP contribution < -0.4 is 14.8 Å². The predicted molar refractivity (Wildman–Crippen MR) is 52.1 cm³/mol. The maximum absolute atomic E-state index is 9.96. The van der Waals surface area contributed by atoms with Crippen LogP contribution in [0.5, 0.6) is 11.5 Å². The van der Waals surface area contributed by atoms with E-state index in [1.807, 2.05) is 12.1 Å². The molecule has 1 amide bonds. The van der Waals surface area contributed by atoms with Gasteiger partial charge in [-0.1, -0.05) is 6.07 Å². The van der Waals surface area contributed by atoms with E-state index < -0.39 is 0 Å². The molecule has 1 rings (SSSR count). The molecule has 0 spiro atoms. The van der Waals surface area contributed by atoms with Crippen LogP contribution >= 0.6 is 0 Å². The Balaban J connectivity index is 2.83. The number of methoxy groups -OCH3 is 2. The number of benzene rings is 1. The zero-order chi connectivity index (χ0) is 10.4. The Morgan fingerprint density at radius 1 is 1.29 bits per heavy atom. The molecule has 1 aromatic rings. The van der Waals surface area contributed by atoms with E-state index in [1.165, 1.54) is 0 Å². The van der Waals surface area contributed by atoms with Crippen molar-refractivity contribution in [3.8, 4) is 11.5 Å². The SMILES string of the molecule is COc1ccc(CN[C]=O)cc1OC. The van der Waals surface area contributed by atoms with Crippen LogP contribution in [-0.4, -0.2) is 20.6 Å². The Morgan fingerprint density at radius 2 is 2.00 bits per heavy atom. The molecule has 0 bridgehead atoms. The number of ether oxygens (including phenoxy) is 2. The molecule has 4 nitrogen and oxygen atoms in total. The lowest BCUT2D eigenvalue weighted by Gasteiger charge is -2.08. The first-order chi connectivity index (χ1) is 6.81. The van der Waals surface area contributed by atoms with Crippen LogP contribution in [0.1, 0.15) is 5.56 Å². The van der Waals surface area contributed by atoms with Gasteiger partial charge in [0, 0.05) is 6.54 Å². The number of rotatable bonds is 5. The van der Waals surface area contributed by atoms with Crippen LogP contribution in [0.15, 0.2) is 18.2 Å². The van der Waals surface area contributed by atoms with Crippen LogP contribution in [0.3, 0.4) is 0 Å². The molecule has 4 heteroatoms. The zero-order valence-corrected chi connectivity index (χ0v) is 8.16. The minimum absolute atomic E-state index is 0.434. The van der Waals surface area contributed by atoms with Crippen molar-refractivity contribution in [2.24, 2.45) is 0 Å². The van der Waals surface area contributed by atoms with Crippen molar-refractivity contribution in [3.05, 3.63) is 23.8 Å². The van der Waals surface area contributed by atoms with Crippen molar-refractivity contribution in [1.29, 1.82) is 0 Å². The summed E-state index contributed by atoms with van der Waals surface area (Å²) < 4.78 is 10.2. The molecular formula is C10H12NO3. The highest BCUT2D eigenvalue weighted by Gasteiger charge is 2.03. The van der Waals surface area contributed by atoms with Crippen molar-refractivity contribution >= 4 is 6.41 Å². The summed E-state index contributed by atoms with van der Waals surface area (Å²) in [5.41, 5.74) is 0.936. The summed E-state index contributed by atoms with van der Waals surface area (Å²) in [5.74, 6) is 1.32. The first-order valence-electron chi connectivity index (χ1n) is 4.12. The summed E-state index contributed by atoms with van der Waals surface area (Å²) in [4.78, 5) is 9.96. The van der Waals surface area contributed by atoms with E-state index in [2.05, 4.69) is 5.32 Å². The van der Waals surface area contributed by atoms with Crippen LogP contribution in [0, 0.1) is 0 Å². The van der Waals surface area contributed by atoms with E-state index in [4.69, 9.17) is 9.47 Å². The fourth-order valence-electron chi connectivity index (χ4n) is 1.13. The monoisotopic (exact) mass is 194 g/mol. The summed E-state index contributed by atoms with van der Waals surface area (Å²) in [7, 11) is 3.15. The lowest BCUT2D eigenvalue weighted by atomic mass is 10.2. The average molecular weight is 194 g/mol. The van der Waals surface area contributed by atoms with Gasteiger partial charge >= 0.3 is 6.41 Å². The summed E-state index contributed by atoms with van der Waals surface area (Å²) in [6, 6.07) is 5.45. The standard InChI is InChI=1S/C10H12NO3/c1-13-9-4-3-8(6-11-7-12)5-10(9)14-2/h3-5H,6H2,1-2H3,(H,11,12). The molecule has 0 saturated heterocycles. The van der Waals surface area contributed by atoms with Gasteiger partial charge in [-0.3, -0.25) is 4.79 Å². The fraction of sp³-hybridized carbons (Fsp3) is 0.300. The minimum atomic E-state index is 0.434. The van der Waals surface area contributed by atoms with E-state index in [1.54, 1.807) is 26.7 Å². The largest absolute Gasteiger partial charge is 0.493 e. The van der Waals surface area contributed by atoms with Gasteiger partial charge < -0.3 is 14.8 Å². The Kier molecular flexibility index (Phi) is 3.79. The molecule has 75 valence electrons. The second-order valence-corrected chi connectivity index (χ2v) is 2.64. The van der Waals surface area contributed by atoms with Gasteiger partial charge in [0.05, 0.1) is 14.2 Å². The van der Waals surface area contributed by atoms with Gasteiger partial charge in [0.1, 0.15) is 0 Å². The van der Waals surface area contributed by atoms with E-state index in [0.29, 0.717) is 18.0 Å². The Morgan fingerprint density at radius 3 is 2.57 bits per heavy atom. The molecule has 1 aromatic carbocycles. The van der Waals surface area contributed by atoms with Gasteiger partial charge in [-0.25, -0.2) is 0 Å². The first-order valence-corrected chi connectivity index (χ1v) is 4.12. The first kappa shape index (κ1) is 10.4. The number of carbonyl (C=O) groups excluding carboxylic acids is 1. The normalized spacial score (nSPS) is 9.29. The summed E-state index contributed by atoms with van der Waals surface area (Å²) >= 11 is 0. The van der Waals surface area contributed by atoms with Gasteiger partial charge in [-0.05, 0) is 17.7 Å². The third kappa shape index (κ3) is 2.39. The molecule has 0 aliphatic heterocycles. The molecule has 1 N–H and O–H groups in total. The topological polar surface area (TPSA) is 47.6 Å². The number of hydrogen-bond acceptors (Lipinski definition) is 3.